The first-order chi connectivity index (χ1) is 9.17. The molecule has 1 aromatic carbocycles. The molecule has 19 heavy (non-hydrogen) atoms. The average molecular weight is 322 g/mol. The zero-order valence-electron chi connectivity index (χ0n) is 11.0. The summed E-state index contributed by atoms with van der Waals surface area (Å²) in [5, 5.41) is 3.12. The summed E-state index contributed by atoms with van der Waals surface area (Å²) < 4.78 is 8.98. The number of imidazole rings is 1. The number of hydrogen-bond donors (Lipinski definition) is 1. The van der Waals surface area contributed by atoms with Crippen LogP contribution < -0.4 is 10.1 Å². The van der Waals surface area contributed by atoms with Gasteiger partial charge >= 0.3 is 0 Å². The van der Waals surface area contributed by atoms with Crippen molar-refractivity contribution in [3.8, 4) is 5.75 Å². The van der Waals surface area contributed by atoms with Crippen LogP contribution in [0.3, 0.4) is 0 Å². The van der Waals surface area contributed by atoms with Crippen LogP contribution >= 0.6 is 15.9 Å². The minimum absolute atomic E-state index is 0.763. The molecule has 0 aliphatic carbocycles. The molecule has 0 bridgehead atoms. The first-order valence-corrected chi connectivity index (χ1v) is 7.12. The Morgan fingerprint density at radius 1 is 1.47 bits per heavy atom. The Bertz CT molecular complexity index is 621. The fraction of sp³-hybridized carbons (Fsp3) is 0.357. The van der Waals surface area contributed by atoms with Gasteiger partial charge in [0.15, 0.2) is 0 Å². The van der Waals surface area contributed by atoms with E-state index in [2.05, 4.69) is 42.9 Å². The van der Waals surface area contributed by atoms with Crippen molar-refractivity contribution in [1.29, 1.82) is 0 Å². The van der Waals surface area contributed by atoms with Gasteiger partial charge < -0.3 is 14.6 Å². The number of fused-ring (bicyclic) bond motifs is 1. The summed E-state index contributed by atoms with van der Waals surface area (Å²) in [7, 11) is 1.89. The number of aryl methyl sites for hydroxylation is 1. The summed E-state index contributed by atoms with van der Waals surface area (Å²) in [5.74, 6) is 1.92. The Balaban J connectivity index is 1.99. The van der Waals surface area contributed by atoms with E-state index in [-0.39, 0.29) is 0 Å². The molecule has 0 spiro atoms. The van der Waals surface area contributed by atoms with Crippen LogP contribution in [0, 0.1) is 6.92 Å². The molecule has 1 aliphatic rings. The molecule has 0 atom stereocenters. The smallest absolute Gasteiger partial charge is 0.203 e. The molecule has 0 fully saturated rings. The summed E-state index contributed by atoms with van der Waals surface area (Å²) in [4.78, 5) is 4.44. The van der Waals surface area contributed by atoms with E-state index in [1.807, 2.05) is 20.2 Å². The first kappa shape index (κ1) is 12.5. The normalized spacial score (nSPS) is 13.2. The van der Waals surface area contributed by atoms with Gasteiger partial charge in [-0.25, -0.2) is 4.98 Å². The lowest BCUT2D eigenvalue weighted by atomic mass is 10.1. The molecule has 2 aromatic rings. The highest BCUT2D eigenvalue weighted by Crippen LogP contribution is 2.33. The maximum Gasteiger partial charge on any atom is 0.203 e. The van der Waals surface area contributed by atoms with Gasteiger partial charge in [0.1, 0.15) is 5.75 Å². The number of ether oxygens (including phenoxy) is 1. The summed E-state index contributed by atoms with van der Waals surface area (Å²) in [6.45, 7) is 3.54. The van der Waals surface area contributed by atoms with Crippen molar-refractivity contribution < 1.29 is 4.74 Å². The topological polar surface area (TPSA) is 39.1 Å². The van der Waals surface area contributed by atoms with Gasteiger partial charge in [-0.1, -0.05) is 15.9 Å². The van der Waals surface area contributed by atoms with E-state index in [1.54, 1.807) is 0 Å². The number of rotatable bonds is 3. The van der Waals surface area contributed by atoms with E-state index < -0.39 is 0 Å². The van der Waals surface area contributed by atoms with Crippen molar-refractivity contribution in [2.24, 2.45) is 0 Å². The molecule has 2 heterocycles. The molecule has 5 heteroatoms. The fourth-order valence-electron chi connectivity index (χ4n) is 2.51. The minimum Gasteiger partial charge on any atom is -0.493 e. The number of halogens is 1. The highest BCUT2D eigenvalue weighted by molar-refractivity contribution is 9.10. The van der Waals surface area contributed by atoms with Gasteiger partial charge in [-0.2, -0.15) is 0 Å². The second-order valence-corrected chi connectivity index (χ2v) is 5.65. The van der Waals surface area contributed by atoms with E-state index in [0.717, 1.165) is 41.4 Å². The van der Waals surface area contributed by atoms with E-state index >= 15 is 0 Å². The predicted molar refractivity (Wildman–Crippen MR) is 79.0 cm³/mol. The van der Waals surface area contributed by atoms with Crippen LogP contribution in [0.1, 0.15) is 16.8 Å². The largest absolute Gasteiger partial charge is 0.493 e. The van der Waals surface area contributed by atoms with Crippen molar-refractivity contribution in [3.05, 3.63) is 39.6 Å². The lowest BCUT2D eigenvalue weighted by Gasteiger charge is -2.11. The standard InChI is InChI=1S/C14H16BrN3O/c1-9-7-18(14(16-2)17-9)8-11-6-12(15)5-10-3-4-19-13(10)11/h5-7H,3-4,8H2,1-2H3,(H,16,17). The summed E-state index contributed by atoms with van der Waals surface area (Å²) in [5.41, 5.74) is 3.49. The molecular formula is C14H16BrN3O. The van der Waals surface area contributed by atoms with Gasteiger partial charge in [0.2, 0.25) is 5.95 Å². The predicted octanol–water partition coefficient (Wildman–Crippen LogP) is 2.98. The van der Waals surface area contributed by atoms with E-state index in [4.69, 9.17) is 4.74 Å². The van der Waals surface area contributed by atoms with Crippen LogP contribution in [-0.2, 0) is 13.0 Å². The van der Waals surface area contributed by atoms with E-state index in [9.17, 15) is 0 Å². The first-order valence-electron chi connectivity index (χ1n) is 6.33. The lowest BCUT2D eigenvalue weighted by molar-refractivity contribution is 0.352. The fourth-order valence-corrected chi connectivity index (χ4v) is 3.07. The minimum atomic E-state index is 0.763. The third-order valence-corrected chi connectivity index (χ3v) is 3.74. The van der Waals surface area contributed by atoms with Crippen molar-refractivity contribution in [1.82, 2.24) is 9.55 Å². The number of aromatic nitrogens is 2. The van der Waals surface area contributed by atoms with Crippen LogP contribution in [0.5, 0.6) is 5.75 Å². The highest BCUT2D eigenvalue weighted by atomic mass is 79.9. The van der Waals surface area contributed by atoms with Crippen molar-refractivity contribution in [3.63, 3.8) is 0 Å². The average Bonchev–Trinajstić information content (AvgIpc) is 2.95. The Labute approximate surface area is 120 Å². The SMILES string of the molecule is CNc1nc(C)cn1Cc1cc(Br)cc2c1OCC2. The monoisotopic (exact) mass is 321 g/mol. The van der Waals surface area contributed by atoms with Crippen LogP contribution in [0.4, 0.5) is 5.95 Å². The van der Waals surface area contributed by atoms with Crippen LogP contribution in [-0.4, -0.2) is 23.2 Å². The van der Waals surface area contributed by atoms with Gasteiger partial charge in [0.05, 0.1) is 18.8 Å². The number of nitrogens with zero attached hydrogens (tertiary/aromatic N) is 2. The Kier molecular flexibility index (Phi) is 3.22. The number of nitrogens with one attached hydrogen (secondary N) is 1. The van der Waals surface area contributed by atoms with Crippen LogP contribution in [0.25, 0.3) is 0 Å². The van der Waals surface area contributed by atoms with Crippen molar-refractivity contribution >= 4 is 21.9 Å². The maximum atomic E-state index is 5.76. The molecule has 1 aliphatic heterocycles. The molecule has 0 unspecified atom stereocenters. The number of hydrogen-bond acceptors (Lipinski definition) is 3. The molecule has 0 radical (unpaired) electrons. The molecule has 1 aromatic heterocycles. The zero-order valence-corrected chi connectivity index (χ0v) is 12.6. The summed E-state index contributed by atoms with van der Waals surface area (Å²) in [6.07, 6.45) is 3.04. The van der Waals surface area contributed by atoms with E-state index in [1.165, 1.54) is 11.1 Å². The van der Waals surface area contributed by atoms with Gasteiger partial charge in [-0.15, -0.1) is 0 Å². The Hall–Kier alpha value is -1.49. The molecule has 100 valence electrons. The maximum absolute atomic E-state index is 5.76. The van der Waals surface area contributed by atoms with E-state index in [0.29, 0.717) is 0 Å². The third kappa shape index (κ3) is 2.34. The molecular weight excluding hydrogens is 306 g/mol. The lowest BCUT2D eigenvalue weighted by Crippen LogP contribution is -2.05. The third-order valence-electron chi connectivity index (χ3n) is 3.29. The quantitative estimate of drug-likeness (QED) is 0.944. The molecule has 4 nitrogen and oxygen atoms in total. The van der Waals surface area contributed by atoms with Gasteiger partial charge in [-0.05, 0) is 24.6 Å². The van der Waals surface area contributed by atoms with Crippen molar-refractivity contribution in [2.75, 3.05) is 19.0 Å². The molecule has 0 amide bonds. The highest BCUT2D eigenvalue weighted by Gasteiger charge is 2.18. The Morgan fingerprint density at radius 3 is 3.11 bits per heavy atom. The van der Waals surface area contributed by atoms with Gasteiger partial charge in [-0.3, -0.25) is 0 Å². The Morgan fingerprint density at radius 2 is 2.32 bits per heavy atom. The second kappa shape index (κ2) is 4.89. The number of anilines is 1. The van der Waals surface area contributed by atoms with Gasteiger partial charge in [0.25, 0.3) is 0 Å². The molecule has 0 saturated carbocycles. The van der Waals surface area contributed by atoms with Gasteiger partial charge in [0, 0.05) is 29.7 Å². The molecule has 1 N–H and O–H groups in total. The van der Waals surface area contributed by atoms with Crippen LogP contribution in [0.15, 0.2) is 22.8 Å². The van der Waals surface area contributed by atoms with Crippen LogP contribution in [0.2, 0.25) is 0 Å². The van der Waals surface area contributed by atoms with Crippen molar-refractivity contribution in [2.45, 2.75) is 19.9 Å². The summed E-state index contributed by atoms with van der Waals surface area (Å²) in [6, 6.07) is 4.27. The zero-order chi connectivity index (χ0) is 13.4. The molecule has 0 saturated heterocycles. The number of benzene rings is 1. The second-order valence-electron chi connectivity index (χ2n) is 4.74. The molecule has 3 rings (SSSR count). The summed E-state index contributed by atoms with van der Waals surface area (Å²) >= 11 is 3.57.